The van der Waals surface area contributed by atoms with Crippen molar-refractivity contribution >= 4 is 39.6 Å². The Morgan fingerprint density at radius 2 is 2.11 bits per heavy atom. The molecule has 0 aliphatic carbocycles. The first-order valence-electron chi connectivity index (χ1n) is 5.40. The maximum atomic E-state index is 11.6. The molecule has 0 saturated heterocycles. The van der Waals surface area contributed by atoms with Crippen LogP contribution in [0.2, 0.25) is 0 Å². The van der Waals surface area contributed by atoms with Crippen LogP contribution in [0.1, 0.15) is 11.3 Å². The fraction of sp³-hybridized carbons (Fsp3) is 0.231. The summed E-state index contributed by atoms with van der Waals surface area (Å²) in [6, 6.07) is 7.71. The minimum atomic E-state index is -1.07. The lowest BCUT2D eigenvalue weighted by molar-refractivity contribution is 0.578. The van der Waals surface area contributed by atoms with Gasteiger partial charge < -0.3 is 14.7 Å². The molecule has 0 bridgehead atoms. The molecule has 0 aliphatic rings. The zero-order valence-electron chi connectivity index (χ0n) is 10.5. The minimum Gasteiger partial charge on any atom is -0.611 e. The molecule has 0 spiro atoms. The minimum absolute atomic E-state index is 0.573. The van der Waals surface area contributed by atoms with Crippen molar-refractivity contribution in [2.45, 2.75) is 6.92 Å². The molecule has 5 heteroatoms. The molecular weight excluding hydrogens is 266 g/mol. The van der Waals surface area contributed by atoms with Crippen LogP contribution in [0.15, 0.2) is 32.9 Å². The van der Waals surface area contributed by atoms with E-state index in [0.29, 0.717) is 9.93 Å². The molecule has 0 aliphatic heterocycles. The summed E-state index contributed by atoms with van der Waals surface area (Å²) in [7, 11) is 0. The summed E-state index contributed by atoms with van der Waals surface area (Å²) in [6.45, 7) is 1.91. The largest absolute Gasteiger partial charge is 0.611 e. The van der Waals surface area contributed by atoms with Crippen LogP contribution >= 0.6 is 11.8 Å². The van der Waals surface area contributed by atoms with Gasteiger partial charge in [0, 0.05) is 10.9 Å². The summed E-state index contributed by atoms with van der Waals surface area (Å²) < 4.78 is 17.8. The van der Waals surface area contributed by atoms with Gasteiger partial charge in [-0.1, -0.05) is 11.8 Å². The van der Waals surface area contributed by atoms with Gasteiger partial charge in [0.2, 0.25) is 4.24 Å². The number of hydrogen-bond acceptors (Lipinski definition) is 4. The number of thioether (sulfide) groups is 1. The molecule has 1 atom stereocenters. The van der Waals surface area contributed by atoms with E-state index < -0.39 is 11.2 Å². The van der Waals surface area contributed by atoms with Crippen LogP contribution in [0.5, 0.6) is 0 Å². The van der Waals surface area contributed by atoms with Crippen molar-refractivity contribution in [3.8, 4) is 0 Å². The van der Waals surface area contributed by atoms with Gasteiger partial charge in [-0.2, -0.15) is 0 Å². The molecule has 2 aromatic rings. The van der Waals surface area contributed by atoms with E-state index in [2.05, 4.69) is 0 Å². The first-order chi connectivity index (χ1) is 8.52. The Morgan fingerprint density at radius 3 is 2.72 bits per heavy atom. The summed E-state index contributed by atoms with van der Waals surface area (Å²) >= 11 is 0.354. The maximum Gasteiger partial charge on any atom is 0.209 e. The van der Waals surface area contributed by atoms with Crippen LogP contribution in [0.3, 0.4) is 0 Å². The third-order valence-electron chi connectivity index (χ3n) is 2.62. The van der Waals surface area contributed by atoms with Crippen molar-refractivity contribution in [1.29, 1.82) is 0 Å². The second-order valence-corrected chi connectivity index (χ2v) is 6.36. The Hall–Kier alpha value is -1.04. The summed E-state index contributed by atoms with van der Waals surface area (Å²) in [4.78, 5) is 0. The number of nitrogens with two attached hydrogens (primary N) is 1. The van der Waals surface area contributed by atoms with Crippen LogP contribution in [-0.2, 0) is 11.2 Å². The Morgan fingerprint density at radius 1 is 1.39 bits per heavy atom. The highest BCUT2D eigenvalue weighted by Crippen LogP contribution is 2.28. The highest BCUT2D eigenvalue weighted by atomic mass is 32.3. The number of fused-ring (bicyclic) bond motifs is 1. The van der Waals surface area contributed by atoms with Gasteiger partial charge in [0.05, 0.1) is 0 Å². The number of aryl methyl sites for hydroxylation is 1. The molecule has 1 aromatic carbocycles. The molecule has 1 aromatic heterocycles. The van der Waals surface area contributed by atoms with Crippen LogP contribution in [-0.4, -0.2) is 17.1 Å². The van der Waals surface area contributed by atoms with Gasteiger partial charge in [-0.15, -0.1) is 0 Å². The lowest BCUT2D eigenvalue weighted by Gasteiger charge is -2.10. The van der Waals surface area contributed by atoms with Crippen molar-refractivity contribution < 1.29 is 8.97 Å². The van der Waals surface area contributed by atoms with Gasteiger partial charge in [0.25, 0.3) is 0 Å². The highest BCUT2D eigenvalue weighted by Gasteiger charge is 2.15. The zero-order valence-corrected chi connectivity index (χ0v) is 12.2. The van der Waals surface area contributed by atoms with Crippen molar-refractivity contribution in [1.82, 2.24) is 0 Å². The Balaban J connectivity index is 2.53. The standard InChI is InChI=1S/C13H15NO2S2/c1-8-6-10-7-9(4-5-11(10)16-8)12(14)13(17-2)18(3)15/h4-7H,14H2,1-3H3/b13-12-. The smallest absolute Gasteiger partial charge is 0.209 e. The van der Waals surface area contributed by atoms with E-state index in [1.54, 1.807) is 6.26 Å². The van der Waals surface area contributed by atoms with Gasteiger partial charge in [-0.25, -0.2) is 0 Å². The number of hydrogen-bond donors (Lipinski definition) is 1. The summed E-state index contributed by atoms with van der Waals surface area (Å²) in [5, 5.41) is 1.01. The molecule has 1 unspecified atom stereocenters. The molecule has 3 nitrogen and oxygen atoms in total. The predicted octanol–water partition coefficient (Wildman–Crippen LogP) is 3.07. The Labute approximate surface area is 114 Å². The third-order valence-corrected chi connectivity index (χ3v) is 5.15. The SMILES string of the molecule is CS/C(=C(/N)c1ccc2oc(C)cc2c1)[S+](C)[O-]. The van der Waals surface area contributed by atoms with E-state index in [0.717, 1.165) is 22.3 Å². The van der Waals surface area contributed by atoms with Crippen LogP contribution in [0, 0.1) is 6.92 Å². The molecule has 0 radical (unpaired) electrons. The number of rotatable bonds is 3. The zero-order chi connectivity index (χ0) is 13.3. The average Bonchev–Trinajstić information content (AvgIpc) is 2.68. The monoisotopic (exact) mass is 281 g/mol. The molecule has 0 saturated carbocycles. The molecule has 0 fully saturated rings. The first-order valence-corrected chi connectivity index (χ1v) is 8.19. The molecule has 0 amide bonds. The van der Waals surface area contributed by atoms with Gasteiger partial charge in [0.1, 0.15) is 23.3 Å². The lowest BCUT2D eigenvalue weighted by atomic mass is 10.1. The molecule has 18 heavy (non-hydrogen) atoms. The summed E-state index contributed by atoms with van der Waals surface area (Å²) in [6.07, 6.45) is 3.52. The van der Waals surface area contributed by atoms with Gasteiger partial charge in [0.15, 0.2) is 0 Å². The molecule has 2 rings (SSSR count). The first kappa shape index (κ1) is 13.4. The van der Waals surface area contributed by atoms with E-state index in [4.69, 9.17) is 10.2 Å². The van der Waals surface area contributed by atoms with Crippen molar-refractivity contribution in [2.75, 3.05) is 12.5 Å². The van der Waals surface area contributed by atoms with Crippen molar-refractivity contribution in [3.05, 3.63) is 39.8 Å². The average molecular weight is 281 g/mol. The molecule has 96 valence electrons. The molecule has 2 N–H and O–H groups in total. The Bertz CT molecular complexity index is 602. The van der Waals surface area contributed by atoms with E-state index in [1.807, 2.05) is 37.4 Å². The maximum absolute atomic E-state index is 11.6. The number of furan rings is 1. The van der Waals surface area contributed by atoms with Gasteiger partial charge >= 0.3 is 0 Å². The summed E-state index contributed by atoms with van der Waals surface area (Å²) in [5.74, 6) is 0.869. The normalized spacial score (nSPS) is 14.7. The van der Waals surface area contributed by atoms with Crippen molar-refractivity contribution in [3.63, 3.8) is 0 Å². The third kappa shape index (κ3) is 2.53. The van der Waals surface area contributed by atoms with E-state index in [9.17, 15) is 4.55 Å². The van der Waals surface area contributed by atoms with Crippen LogP contribution in [0.4, 0.5) is 0 Å². The fourth-order valence-corrected chi connectivity index (χ4v) is 3.55. The Kier molecular flexibility index (Phi) is 3.94. The van der Waals surface area contributed by atoms with Gasteiger partial charge in [-0.3, -0.25) is 0 Å². The lowest BCUT2D eigenvalue weighted by Crippen LogP contribution is -2.07. The van der Waals surface area contributed by atoms with E-state index >= 15 is 0 Å². The predicted molar refractivity (Wildman–Crippen MR) is 79.6 cm³/mol. The van der Waals surface area contributed by atoms with E-state index in [1.165, 1.54) is 11.8 Å². The fourth-order valence-electron chi connectivity index (χ4n) is 1.84. The topological polar surface area (TPSA) is 62.2 Å². The molecule has 1 heterocycles. The second kappa shape index (κ2) is 5.30. The van der Waals surface area contributed by atoms with Crippen LogP contribution < -0.4 is 5.73 Å². The quantitative estimate of drug-likeness (QED) is 0.878. The van der Waals surface area contributed by atoms with Crippen molar-refractivity contribution in [2.24, 2.45) is 5.73 Å². The number of benzene rings is 1. The highest BCUT2D eigenvalue weighted by molar-refractivity contribution is 8.18. The summed E-state index contributed by atoms with van der Waals surface area (Å²) in [5.41, 5.74) is 8.37. The van der Waals surface area contributed by atoms with Gasteiger partial charge in [-0.05, 0) is 48.6 Å². The van der Waals surface area contributed by atoms with E-state index in [-0.39, 0.29) is 0 Å². The second-order valence-electron chi connectivity index (χ2n) is 3.97. The molecular formula is C13H15NO2S2. The van der Waals surface area contributed by atoms with Crippen LogP contribution in [0.25, 0.3) is 16.7 Å².